The van der Waals surface area contributed by atoms with Crippen molar-refractivity contribution in [1.29, 1.82) is 0 Å². The minimum Gasteiger partial charge on any atom is -0.478 e. The van der Waals surface area contributed by atoms with Gasteiger partial charge in [-0.1, -0.05) is 6.92 Å². The standard InChI is InChI=1S/C12H18N2O3/c1-9(8-15)4-2-6-13-11-10(12(16)17)5-3-7-14-11/h3,5,7,9,15H,2,4,6,8H2,1H3,(H,13,14)(H,16,17). The number of carboxylic acids is 1. The predicted octanol–water partition coefficient (Wildman–Crippen LogP) is 1.60. The second-order valence-corrected chi connectivity index (χ2v) is 4.06. The third kappa shape index (κ3) is 4.40. The molecule has 94 valence electrons. The molecular weight excluding hydrogens is 220 g/mol. The maximum atomic E-state index is 10.9. The molecule has 1 unspecified atom stereocenters. The molecular formula is C12H18N2O3. The van der Waals surface area contributed by atoms with E-state index in [4.69, 9.17) is 10.2 Å². The van der Waals surface area contributed by atoms with Crippen molar-refractivity contribution in [3.05, 3.63) is 23.9 Å². The zero-order valence-corrected chi connectivity index (χ0v) is 9.89. The highest BCUT2D eigenvalue weighted by molar-refractivity contribution is 5.92. The lowest BCUT2D eigenvalue weighted by molar-refractivity contribution is 0.0697. The van der Waals surface area contributed by atoms with Crippen molar-refractivity contribution >= 4 is 11.8 Å². The maximum Gasteiger partial charge on any atom is 0.339 e. The van der Waals surface area contributed by atoms with Gasteiger partial charge in [0.1, 0.15) is 11.4 Å². The number of anilines is 1. The number of carboxylic acid groups (broad SMARTS) is 1. The average Bonchev–Trinajstić information content (AvgIpc) is 2.34. The van der Waals surface area contributed by atoms with Gasteiger partial charge in [0.05, 0.1) is 0 Å². The summed E-state index contributed by atoms with van der Waals surface area (Å²) in [6, 6.07) is 3.12. The number of carbonyl (C=O) groups is 1. The number of nitrogens with zero attached hydrogens (tertiary/aromatic N) is 1. The fraction of sp³-hybridized carbons (Fsp3) is 0.500. The van der Waals surface area contributed by atoms with Gasteiger partial charge < -0.3 is 15.5 Å². The third-order valence-electron chi connectivity index (χ3n) is 2.52. The van der Waals surface area contributed by atoms with Gasteiger partial charge in [0.15, 0.2) is 0 Å². The molecule has 0 bridgehead atoms. The molecule has 5 nitrogen and oxygen atoms in total. The summed E-state index contributed by atoms with van der Waals surface area (Å²) in [4.78, 5) is 14.9. The summed E-state index contributed by atoms with van der Waals surface area (Å²) in [6.07, 6.45) is 3.33. The van der Waals surface area contributed by atoms with Gasteiger partial charge in [-0.15, -0.1) is 0 Å². The van der Waals surface area contributed by atoms with Crippen LogP contribution >= 0.6 is 0 Å². The fourth-order valence-corrected chi connectivity index (χ4v) is 1.47. The Balaban J connectivity index is 2.44. The van der Waals surface area contributed by atoms with Crippen molar-refractivity contribution in [1.82, 2.24) is 4.98 Å². The van der Waals surface area contributed by atoms with Crippen molar-refractivity contribution < 1.29 is 15.0 Å². The maximum absolute atomic E-state index is 10.9. The summed E-state index contributed by atoms with van der Waals surface area (Å²) in [5, 5.41) is 20.8. The molecule has 0 fully saturated rings. The molecule has 1 aromatic rings. The quantitative estimate of drug-likeness (QED) is 0.628. The van der Waals surface area contributed by atoms with Gasteiger partial charge in [0, 0.05) is 19.3 Å². The fourth-order valence-electron chi connectivity index (χ4n) is 1.47. The van der Waals surface area contributed by atoms with Crippen LogP contribution in [0.25, 0.3) is 0 Å². The molecule has 5 heteroatoms. The molecule has 0 aliphatic rings. The number of aliphatic hydroxyl groups excluding tert-OH is 1. The van der Waals surface area contributed by atoms with Crippen molar-refractivity contribution in [2.45, 2.75) is 19.8 Å². The van der Waals surface area contributed by atoms with E-state index >= 15 is 0 Å². The van der Waals surface area contributed by atoms with Gasteiger partial charge in [0.2, 0.25) is 0 Å². The summed E-state index contributed by atoms with van der Waals surface area (Å²) >= 11 is 0. The van der Waals surface area contributed by atoms with Gasteiger partial charge in [-0.3, -0.25) is 0 Å². The van der Waals surface area contributed by atoms with E-state index in [1.165, 1.54) is 6.07 Å². The predicted molar refractivity (Wildman–Crippen MR) is 65.2 cm³/mol. The second kappa shape index (κ2) is 6.85. The molecule has 1 heterocycles. The van der Waals surface area contributed by atoms with Crippen LogP contribution in [0.1, 0.15) is 30.1 Å². The largest absolute Gasteiger partial charge is 0.478 e. The van der Waals surface area contributed by atoms with E-state index < -0.39 is 5.97 Å². The first kappa shape index (κ1) is 13.4. The lowest BCUT2D eigenvalue weighted by Crippen LogP contribution is -2.11. The Hall–Kier alpha value is -1.62. The first-order valence-electron chi connectivity index (χ1n) is 5.68. The second-order valence-electron chi connectivity index (χ2n) is 4.06. The van der Waals surface area contributed by atoms with Crippen LogP contribution in [-0.4, -0.2) is 34.3 Å². The normalized spacial score (nSPS) is 12.1. The van der Waals surface area contributed by atoms with Crippen LogP contribution in [0.15, 0.2) is 18.3 Å². The van der Waals surface area contributed by atoms with E-state index in [2.05, 4.69) is 10.3 Å². The van der Waals surface area contributed by atoms with Crippen LogP contribution in [0.2, 0.25) is 0 Å². The minimum absolute atomic E-state index is 0.183. The highest BCUT2D eigenvalue weighted by atomic mass is 16.4. The highest BCUT2D eigenvalue weighted by Gasteiger charge is 2.09. The number of pyridine rings is 1. The van der Waals surface area contributed by atoms with Crippen LogP contribution in [0.4, 0.5) is 5.82 Å². The van der Waals surface area contributed by atoms with E-state index in [-0.39, 0.29) is 18.1 Å². The van der Waals surface area contributed by atoms with Crippen molar-refractivity contribution in [2.75, 3.05) is 18.5 Å². The van der Waals surface area contributed by atoms with Gasteiger partial charge >= 0.3 is 5.97 Å². The number of nitrogens with one attached hydrogen (secondary N) is 1. The Kier molecular flexibility index (Phi) is 5.42. The average molecular weight is 238 g/mol. The summed E-state index contributed by atoms with van der Waals surface area (Å²) in [7, 11) is 0. The Labute approximate surface area is 101 Å². The summed E-state index contributed by atoms with van der Waals surface area (Å²) in [5.41, 5.74) is 0.183. The number of aliphatic hydroxyl groups is 1. The molecule has 0 aliphatic carbocycles. The Morgan fingerprint density at radius 1 is 1.59 bits per heavy atom. The Morgan fingerprint density at radius 2 is 2.35 bits per heavy atom. The third-order valence-corrected chi connectivity index (χ3v) is 2.52. The van der Waals surface area contributed by atoms with Gasteiger partial charge in [-0.05, 0) is 30.9 Å². The van der Waals surface area contributed by atoms with Crippen LogP contribution in [0.3, 0.4) is 0 Å². The minimum atomic E-state index is -0.982. The zero-order valence-electron chi connectivity index (χ0n) is 9.89. The number of rotatable bonds is 7. The molecule has 0 aliphatic heterocycles. The summed E-state index contributed by atoms with van der Waals surface area (Å²) < 4.78 is 0. The molecule has 0 spiro atoms. The Bertz CT molecular complexity index is 369. The molecule has 17 heavy (non-hydrogen) atoms. The van der Waals surface area contributed by atoms with Gasteiger partial charge in [-0.25, -0.2) is 9.78 Å². The molecule has 0 amide bonds. The topological polar surface area (TPSA) is 82.5 Å². The molecule has 0 saturated heterocycles. The van der Waals surface area contributed by atoms with E-state index in [0.717, 1.165) is 12.8 Å². The zero-order chi connectivity index (χ0) is 12.7. The monoisotopic (exact) mass is 238 g/mol. The highest BCUT2D eigenvalue weighted by Crippen LogP contribution is 2.12. The van der Waals surface area contributed by atoms with Gasteiger partial charge in [0.25, 0.3) is 0 Å². The summed E-state index contributed by atoms with van der Waals surface area (Å²) in [5.74, 6) is -0.305. The lowest BCUT2D eigenvalue weighted by Gasteiger charge is -2.10. The molecule has 1 rings (SSSR count). The molecule has 1 aromatic heterocycles. The number of aromatic carboxylic acids is 1. The number of hydrogen-bond acceptors (Lipinski definition) is 4. The molecule has 0 radical (unpaired) electrons. The number of hydrogen-bond donors (Lipinski definition) is 3. The van der Waals surface area contributed by atoms with E-state index in [9.17, 15) is 4.79 Å². The lowest BCUT2D eigenvalue weighted by atomic mass is 10.1. The van der Waals surface area contributed by atoms with E-state index in [1.54, 1.807) is 12.3 Å². The van der Waals surface area contributed by atoms with Crippen LogP contribution in [0, 0.1) is 5.92 Å². The van der Waals surface area contributed by atoms with Crippen molar-refractivity contribution in [3.63, 3.8) is 0 Å². The molecule has 1 atom stereocenters. The molecule has 0 aromatic carbocycles. The Morgan fingerprint density at radius 3 is 3.00 bits per heavy atom. The first-order chi connectivity index (χ1) is 8.15. The van der Waals surface area contributed by atoms with E-state index in [1.807, 2.05) is 6.92 Å². The molecule has 0 saturated carbocycles. The van der Waals surface area contributed by atoms with Crippen molar-refractivity contribution in [3.8, 4) is 0 Å². The van der Waals surface area contributed by atoms with Crippen molar-refractivity contribution in [2.24, 2.45) is 5.92 Å². The van der Waals surface area contributed by atoms with Crippen LogP contribution < -0.4 is 5.32 Å². The van der Waals surface area contributed by atoms with Gasteiger partial charge in [-0.2, -0.15) is 0 Å². The first-order valence-corrected chi connectivity index (χ1v) is 5.68. The summed E-state index contributed by atoms with van der Waals surface area (Å²) in [6.45, 7) is 2.81. The van der Waals surface area contributed by atoms with Crippen LogP contribution in [-0.2, 0) is 0 Å². The number of aromatic nitrogens is 1. The molecule has 3 N–H and O–H groups in total. The van der Waals surface area contributed by atoms with Crippen LogP contribution in [0.5, 0.6) is 0 Å². The smallest absolute Gasteiger partial charge is 0.339 e. The van der Waals surface area contributed by atoms with E-state index in [0.29, 0.717) is 12.4 Å². The SMILES string of the molecule is CC(CO)CCCNc1ncccc1C(=O)O.